The van der Waals surface area contributed by atoms with E-state index >= 15 is 0 Å². The Balaban J connectivity index is 1.72. The SMILES string of the molecule is C=C1C[C@@H](C(=O)N[C@@H](CCC)/C(=N/C)C(=O)NC2CC2)N(C(=O)[C@@H](NC(=O)CC2CCCCC2)C(C)(C)C)C1. The van der Waals surface area contributed by atoms with Crippen LogP contribution in [0.5, 0.6) is 0 Å². The van der Waals surface area contributed by atoms with Gasteiger partial charge in [0.05, 0.1) is 6.04 Å². The number of nitrogens with zero attached hydrogens (tertiary/aromatic N) is 2. The number of nitrogens with one attached hydrogen (secondary N) is 3. The first-order valence-electron chi connectivity index (χ1n) is 14.8. The summed E-state index contributed by atoms with van der Waals surface area (Å²) in [6.45, 7) is 12.1. The highest BCUT2D eigenvalue weighted by molar-refractivity contribution is 6.41. The first kappa shape index (κ1) is 30.8. The summed E-state index contributed by atoms with van der Waals surface area (Å²) in [5.41, 5.74) is 0.541. The molecule has 3 fully saturated rings. The van der Waals surface area contributed by atoms with E-state index in [1.54, 1.807) is 11.9 Å². The van der Waals surface area contributed by atoms with E-state index < -0.39 is 23.5 Å². The molecular weight excluding hydrogens is 494 g/mol. The smallest absolute Gasteiger partial charge is 0.267 e. The fourth-order valence-corrected chi connectivity index (χ4v) is 5.69. The fourth-order valence-electron chi connectivity index (χ4n) is 5.69. The van der Waals surface area contributed by atoms with Crippen LogP contribution in [0.2, 0.25) is 0 Å². The molecule has 0 aromatic heterocycles. The Morgan fingerprint density at radius 1 is 1.05 bits per heavy atom. The molecule has 9 heteroatoms. The molecule has 4 amide bonds. The Kier molecular flexibility index (Phi) is 10.7. The number of amides is 4. The maximum Gasteiger partial charge on any atom is 0.267 e. The van der Waals surface area contributed by atoms with Gasteiger partial charge in [0.2, 0.25) is 17.7 Å². The number of rotatable bonds is 11. The van der Waals surface area contributed by atoms with Crippen molar-refractivity contribution in [1.29, 1.82) is 0 Å². The topological polar surface area (TPSA) is 120 Å². The van der Waals surface area contributed by atoms with Crippen LogP contribution in [0.3, 0.4) is 0 Å². The van der Waals surface area contributed by atoms with Gasteiger partial charge in [0, 0.05) is 26.1 Å². The van der Waals surface area contributed by atoms with Gasteiger partial charge in [0.25, 0.3) is 5.91 Å². The molecule has 9 nitrogen and oxygen atoms in total. The lowest BCUT2D eigenvalue weighted by molar-refractivity contribution is -0.144. The highest BCUT2D eigenvalue weighted by Gasteiger charge is 2.43. The molecule has 3 rings (SSSR count). The zero-order valence-corrected chi connectivity index (χ0v) is 24.6. The van der Waals surface area contributed by atoms with Gasteiger partial charge in [-0.3, -0.25) is 24.2 Å². The van der Waals surface area contributed by atoms with Crippen molar-refractivity contribution >= 4 is 29.3 Å². The lowest BCUT2D eigenvalue weighted by Crippen LogP contribution is -2.59. The number of hydrogen-bond donors (Lipinski definition) is 3. The van der Waals surface area contributed by atoms with E-state index in [9.17, 15) is 19.2 Å². The molecule has 2 aliphatic carbocycles. The van der Waals surface area contributed by atoms with Crippen LogP contribution < -0.4 is 16.0 Å². The summed E-state index contributed by atoms with van der Waals surface area (Å²) < 4.78 is 0. The van der Waals surface area contributed by atoms with Gasteiger partial charge in [-0.2, -0.15) is 0 Å². The number of likely N-dealkylation sites (tertiary alicyclic amines) is 1. The lowest BCUT2D eigenvalue weighted by Gasteiger charge is -2.36. The second-order valence-corrected chi connectivity index (χ2v) is 12.7. The number of carbonyl (C=O) groups excluding carboxylic acids is 4. The van der Waals surface area contributed by atoms with Crippen LogP contribution in [0.15, 0.2) is 17.1 Å². The third-order valence-electron chi connectivity index (χ3n) is 8.07. The van der Waals surface area contributed by atoms with Gasteiger partial charge in [-0.1, -0.05) is 65.5 Å². The predicted molar refractivity (Wildman–Crippen MR) is 153 cm³/mol. The average Bonchev–Trinajstić information content (AvgIpc) is 3.59. The molecular formula is C30H49N5O4. The summed E-state index contributed by atoms with van der Waals surface area (Å²) in [7, 11) is 1.56. The van der Waals surface area contributed by atoms with Crippen molar-refractivity contribution in [3.63, 3.8) is 0 Å². The highest BCUT2D eigenvalue weighted by Crippen LogP contribution is 2.29. The predicted octanol–water partition coefficient (Wildman–Crippen LogP) is 3.28. The largest absolute Gasteiger partial charge is 0.348 e. The minimum absolute atomic E-state index is 0.109. The van der Waals surface area contributed by atoms with E-state index in [0.29, 0.717) is 30.9 Å². The van der Waals surface area contributed by atoms with Gasteiger partial charge in [0.1, 0.15) is 17.8 Å². The van der Waals surface area contributed by atoms with Gasteiger partial charge in [0.15, 0.2) is 0 Å². The molecule has 0 unspecified atom stereocenters. The summed E-state index contributed by atoms with van der Waals surface area (Å²) >= 11 is 0. The van der Waals surface area contributed by atoms with Gasteiger partial charge in [-0.15, -0.1) is 0 Å². The van der Waals surface area contributed by atoms with Gasteiger partial charge in [-0.05, 0) is 49.9 Å². The first-order chi connectivity index (χ1) is 18.4. The monoisotopic (exact) mass is 543 g/mol. The van der Waals surface area contributed by atoms with Crippen LogP contribution in [-0.2, 0) is 19.2 Å². The van der Waals surface area contributed by atoms with E-state index in [-0.39, 0.29) is 36.2 Å². The van der Waals surface area contributed by atoms with Crippen molar-refractivity contribution in [1.82, 2.24) is 20.9 Å². The molecule has 2 saturated carbocycles. The Morgan fingerprint density at radius 3 is 2.28 bits per heavy atom. The molecule has 3 atom stereocenters. The zero-order valence-electron chi connectivity index (χ0n) is 24.6. The van der Waals surface area contributed by atoms with Crippen molar-refractivity contribution in [3.8, 4) is 0 Å². The second kappa shape index (κ2) is 13.6. The molecule has 1 aliphatic heterocycles. The fraction of sp³-hybridized carbons (Fsp3) is 0.767. The Morgan fingerprint density at radius 2 is 1.72 bits per heavy atom. The Labute approximate surface area is 234 Å². The van der Waals surface area contributed by atoms with Crippen LogP contribution in [0.25, 0.3) is 0 Å². The molecule has 0 aromatic rings. The van der Waals surface area contributed by atoms with Crippen molar-refractivity contribution < 1.29 is 19.2 Å². The number of hydrogen-bond acceptors (Lipinski definition) is 5. The normalized spacial score (nSPS) is 22.3. The quantitative estimate of drug-likeness (QED) is 0.274. The Bertz CT molecular complexity index is 959. The van der Waals surface area contributed by atoms with E-state index in [0.717, 1.165) is 50.5 Å². The van der Waals surface area contributed by atoms with Gasteiger partial charge in [-0.25, -0.2) is 0 Å². The molecule has 218 valence electrons. The van der Waals surface area contributed by atoms with Gasteiger partial charge >= 0.3 is 0 Å². The molecule has 3 aliphatic rings. The molecule has 39 heavy (non-hydrogen) atoms. The molecule has 0 bridgehead atoms. The van der Waals surface area contributed by atoms with Crippen molar-refractivity contribution in [2.45, 2.75) is 122 Å². The number of aliphatic imine (C=N–C) groups is 1. The standard InChI is InChI=1S/C30H49N5O4/c1-7-11-22(25(31-6)28(38)32-21-14-15-21)33-27(37)23-16-19(2)18-35(23)29(39)26(30(3,4)5)34-24(36)17-20-12-9-8-10-13-20/h20-23,26H,2,7-18H2,1,3-6H3,(H,32,38)(H,33,37)(H,34,36)/b31-25-/t22-,23-,26+/m0/s1. The number of carbonyl (C=O) groups is 4. The van der Waals surface area contributed by atoms with Crippen molar-refractivity contribution in [2.75, 3.05) is 13.6 Å². The van der Waals surface area contributed by atoms with E-state index in [1.165, 1.54) is 6.42 Å². The third-order valence-corrected chi connectivity index (χ3v) is 8.07. The molecule has 1 heterocycles. The lowest BCUT2D eigenvalue weighted by atomic mass is 9.84. The minimum Gasteiger partial charge on any atom is -0.348 e. The maximum absolute atomic E-state index is 13.9. The molecule has 1 saturated heterocycles. The summed E-state index contributed by atoms with van der Waals surface area (Å²) in [5.74, 6) is -0.608. The summed E-state index contributed by atoms with van der Waals surface area (Å²) in [6.07, 6.45) is 9.62. The minimum atomic E-state index is -0.765. The van der Waals surface area contributed by atoms with E-state index in [2.05, 4.69) is 27.5 Å². The summed E-state index contributed by atoms with van der Waals surface area (Å²) in [6, 6.07) is -1.89. The Hall–Kier alpha value is -2.71. The molecule has 0 spiro atoms. The highest BCUT2D eigenvalue weighted by atomic mass is 16.2. The van der Waals surface area contributed by atoms with Crippen LogP contribution in [0.1, 0.15) is 98.3 Å². The van der Waals surface area contributed by atoms with Crippen molar-refractivity contribution in [3.05, 3.63) is 12.2 Å². The van der Waals surface area contributed by atoms with Crippen LogP contribution in [0.4, 0.5) is 0 Å². The average molecular weight is 544 g/mol. The maximum atomic E-state index is 13.9. The van der Waals surface area contributed by atoms with Gasteiger partial charge < -0.3 is 20.9 Å². The van der Waals surface area contributed by atoms with E-state index in [1.807, 2.05) is 27.7 Å². The summed E-state index contributed by atoms with van der Waals surface area (Å²) in [4.78, 5) is 59.1. The van der Waals surface area contributed by atoms with E-state index in [4.69, 9.17) is 0 Å². The van der Waals surface area contributed by atoms with Crippen LogP contribution >= 0.6 is 0 Å². The molecule has 3 N–H and O–H groups in total. The molecule has 0 radical (unpaired) electrons. The van der Waals surface area contributed by atoms with Crippen molar-refractivity contribution in [2.24, 2.45) is 16.3 Å². The second-order valence-electron chi connectivity index (χ2n) is 12.7. The van der Waals surface area contributed by atoms with Crippen LogP contribution in [-0.4, -0.2) is 72.0 Å². The first-order valence-corrected chi connectivity index (χ1v) is 14.8. The zero-order chi connectivity index (χ0) is 28.7. The molecule has 0 aromatic carbocycles. The van der Waals surface area contributed by atoms with Crippen LogP contribution in [0, 0.1) is 11.3 Å². The third kappa shape index (κ3) is 8.64. The summed E-state index contributed by atoms with van der Waals surface area (Å²) in [5, 5.41) is 8.99.